The highest BCUT2D eigenvalue weighted by atomic mass is 32.2. The molecular formula is C12H27NO3S. The highest BCUT2D eigenvalue weighted by molar-refractivity contribution is 7.91. The number of hydrogen-bond donors (Lipinski definition) is 2. The number of sulfone groups is 1. The van der Waals surface area contributed by atoms with Gasteiger partial charge < -0.3 is 10.4 Å². The maximum Gasteiger partial charge on any atom is 0.150 e. The van der Waals surface area contributed by atoms with Gasteiger partial charge in [-0.25, -0.2) is 8.42 Å². The van der Waals surface area contributed by atoms with Crippen LogP contribution in [0.1, 0.15) is 40.5 Å². The molecule has 17 heavy (non-hydrogen) atoms. The summed E-state index contributed by atoms with van der Waals surface area (Å²) >= 11 is 0. The van der Waals surface area contributed by atoms with Gasteiger partial charge in [0.2, 0.25) is 0 Å². The smallest absolute Gasteiger partial charge is 0.150 e. The fourth-order valence-corrected chi connectivity index (χ4v) is 2.48. The Kier molecular flexibility index (Phi) is 7.28. The van der Waals surface area contributed by atoms with Crippen molar-refractivity contribution in [2.24, 2.45) is 5.41 Å². The average molecular weight is 265 g/mol. The summed E-state index contributed by atoms with van der Waals surface area (Å²) in [5.74, 6) is 0.436. The molecule has 0 spiro atoms. The predicted molar refractivity (Wildman–Crippen MR) is 71.9 cm³/mol. The molecule has 0 aromatic rings. The minimum Gasteiger partial charge on any atom is -0.392 e. The van der Waals surface area contributed by atoms with Crippen LogP contribution in [0.5, 0.6) is 0 Å². The predicted octanol–water partition coefficient (Wildman–Crippen LogP) is 1.20. The Balaban J connectivity index is 3.59. The van der Waals surface area contributed by atoms with Crippen molar-refractivity contribution in [1.29, 1.82) is 0 Å². The first-order valence-electron chi connectivity index (χ1n) is 6.25. The summed E-state index contributed by atoms with van der Waals surface area (Å²) in [7, 11) is -2.85. The Labute approximate surface area is 106 Å². The van der Waals surface area contributed by atoms with Crippen LogP contribution < -0.4 is 5.32 Å². The Morgan fingerprint density at radius 1 is 1.29 bits per heavy atom. The molecule has 104 valence electrons. The summed E-state index contributed by atoms with van der Waals surface area (Å²) in [4.78, 5) is 0. The Morgan fingerprint density at radius 3 is 2.35 bits per heavy atom. The zero-order valence-electron chi connectivity index (χ0n) is 11.5. The lowest BCUT2D eigenvalue weighted by Crippen LogP contribution is -2.31. The molecule has 2 N–H and O–H groups in total. The van der Waals surface area contributed by atoms with Gasteiger partial charge in [0.25, 0.3) is 0 Å². The highest BCUT2D eigenvalue weighted by Crippen LogP contribution is 2.20. The molecule has 0 aromatic carbocycles. The van der Waals surface area contributed by atoms with E-state index in [1.165, 1.54) is 0 Å². The van der Waals surface area contributed by atoms with Crippen LogP contribution in [0.2, 0.25) is 0 Å². The zero-order chi connectivity index (χ0) is 13.5. The molecule has 0 heterocycles. The molecule has 1 unspecified atom stereocenters. The van der Waals surface area contributed by atoms with E-state index in [9.17, 15) is 13.5 Å². The second-order valence-corrected chi connectivity index (χ2v) is 8.19. The van der Waals surface area contributed by atoms with Crippen LogP contribution >= 0.6 is 0 Å². The average Bonchev–Trinajstić information content (AvgIpc) is 2.14. The lowest BCUT2D eigenvalue weighted by molar-refractivity contribution is 0.120. The van der Waals surface area contributed by atoms with Crippen molar-refractivity contribution in [2.45, 2.75) is 46.6 Å². The summed E-state index contributed by atoms with van der Waals surface area (Å²) in [6.07, 6.45) is 0.990. The molecule has 0 amide bonds. The van der Waals surface area contributed by atoms with Crippen LogP contribution in [0.15, 0.2) is 0 Å². The van der Waals surface area contributed by atoms with Crippen molar-refractivity contribution in [2.75, 3.05) is 24.6 Å². The van der Waals surface area contributed by atoms with E-state index >= 15 is 0 Å². The van der Waals surface area contributed by atoms with Crippen molar-refractivity contribution in [3.8, 4) is 0 Å². The number of aliphatic hydroxyl groups excluding tert-OH is 1. The van der Waals surface area contributed by atoms with Gasteiger partial charge in [0.1, 0.15) is 9.84 Å². The number of hydrogen-bond acceptors (Lipinski definition) is 4. The molecule has 0 aromatic heterocycles. The second-order valence-electron chi connectivity index (χ2n) is 5.71. The summed E-state index contributed by atoms with van der Waals surface area (Å²) in [5, 5.41) is 12.8. The molecule has 0 saturated carbocycles. The first-order chi connectivity index (χ1) is 7.66. The summed E-state index contributed by atoms with van der Waals surface area (Å²) in [5.41, 5.74) is 0.118. The van der Waals surface area contributed by atoms with E-state index in [0.29, 0.717) is 19.5 Å². The monoisotopic (exact) mass is 265 g/mol. The minimum absolute atomic E-state index is 0.118. The van der Waals surface area contributed by atoms with Gasteiger partial charge in [-0.1, -0.05) is 27.7 Å². The summed E-state index contributed by atoms with van der Waals surface area (Å²) < 4.78 is 22.4. The summed E-state index contributed by atoms with van der Waals surface area (Å²) in [6, 6.07) is 0. The lowest BCUT2D eigenvalue weighted by Gasteiger charge is -2.22. The number of nitrogens with one attached hydrogen (secondary N) is 1. The normalized spacial score (nSPS) is 14.9. The zero-order valence-corrected chi connectivity index (χ0v) is 12.3. The van der Waals surface area contributed by atoms with E-state index in [-0.39, 0.29) is 23.0 Å². The van der Waals surface area contributed by atoms with Crippen LogP contribution in [-0.4, -0.2) is 44.2 Å². The fourth-order valence-electron chi connectivity index (χ4n) is 1.61. The summed E-state index contributed by atoms with van der Waals surface area (Å²) in [6.45, 7) is 9.10. The third-order valence-corrected chi connectivity index (χ3v) is 4.27. The van der Waals surface area contributed by atoms with Gasteiger partial charge in [0.15, 0.2) is 0 Å². The van der Waals surface area contributed by atoms with Gasteiger partial charge in [0.05, 0.1) is 11.9 Å². The SMILES string of the molecule is CCS(=O)(=O)CCCNCC(O)CC(C)(C)C. The molecule has 0 rings (SSSR count). The largest absolute Gasteiger partial charge is 0.392 e. The van der Waals surface area contributed by atoms with Gasteiger partial charge in [-0.3, -0.25) is 0 Å². The van der Waals surface area contributed by atoms with Crippen LogP contribution in [0.25, 0.3) is 0 Å². The molecule has 0 radical (unpaired) electrons. The van der Waals surface area contributed by atoms with E-state index in [4.69, 9.17) is 0 Å². The fraction of sp³-hybridized carbons (Fsp3) is 1.00. The van der Waals surface area contributed by atoms with Crippen LogP contribution in [-0.2, 0) is 9.84 Å². The Morgan fingerprint density at radius 2 is 1.88 bits per heavy atom. The van der Waals surface area contributed by atoms with Gasteiger partial charge in [-0.15, -0.1) is 0 Å². The van der Waals surface area contributed by atoms with Crippen molar-refractivity contribution in [1.82, 2.24) is 5.32 Å². The lowest BCUT2D eigenvalue weighted by atomic mass is 9.89. The molecule has 0 fully saturated rings. The first kappa shape index (κ1) is 16.9. The van der Waals surface area contributed by atoms with Gasteiger partial charge in [-0.05, 0) is 24.8 Å². The topological polar surface area (TPSA) is 66.4 Å². The van der Waals surface area contributed by atoms with Gasteiger partial charge in [0, 0.05) is 12.3 Å². The third kappa shape index (κ3) is 10.7. The molecule has 0 aliphatic heterocycles. The minimum atomic E-state index is -2.85. The molecular weight excluding hydrogens is 238 g/mol. The maximum absolute atomic E-state index is 11.2. The van der Waals surface area contributed by atoms with Gasteiger partial charge in [-0.2, -0.15) is 0 Å². The molecule has 0 bridgehead atoms. The van der Waals surface area contributed by atoms with Crippen molar-refractivity contribution < 1.29 is 13.5 Å². The number of rotatable bonds is 8. The highest BCUT2D eigenvalue weighted by Gasteiger charge is 2.16. The molecule has 0 saturated heterocycles. The van der Waals surface area contributed by atoms with Crippen molar-refractivity contribution >= 4 is 9.84 Å². The second kappa shape index (κ2) is 7.34. The Bertz CT molecular complexity index is 293. The van der Waals surface area contributed by atoms with Crippen LogP contribution in [0.3, 0.4) is 0 Å². The maximum atomic E-state index is 11.2. The van der Waals surface area contributed by atoms with E-state index in [2.05, 4.69) is 26.1 Å². The molecule has 0 aliphatic carbocycles. The van der Waals surface area contributed by atoms with Gasteiger partial charge >= 0.3 is 0 Å². The Hall–Kier alpha value is -0.130. The molecule has 0 aliphatic rings. The van der Waals surface area contributed by atoms with E-state index in [1.807, 2.05) is 0 Å². The standard InChI is InChI=1S/C12H27NO3S/c1-5-17(15,16)8-6-7-13-10-11(14)9-12(2,3)4/h11,13-14H,5-10H2,1-4H3. The third-order valence-electron chi connectivity index (χ3n) is 2.48. The van der Waals surface area contributed by atoms with E-state index in [1.54, 1.807) is 6.92 Å². The van der Waals surface area contributed by atoms with E-state index in [0.717, 1.165) is 6.42 Å². The van der Waals surface area contributed by atoms with Crippen molar-refractivity contribution in [3.63, 3.8) is 0 Å². The van der Waals surface area contributed by atoms with Crippen LogP contribution in [0.4, 0.5) is 0 Å². The van der Waals surface area contributed by atoms with Crippen molar-refractivity contribution in [3.05, 3.63) is 0 Å². The quantitative estimate of drug-likeness (QED) is 0.647. The first-order valence-corrected chi connectivity index (χ1v) is 8.07. The molecule has 5 heteroatoms. The van der Waals surface area contributed by atoms with Crippen LogP contribution in [0, 0.1) is 5.41 Å². The number of aliphatic hydroxyl groups is 1. The molecule has 4 nitrogen and oxygen atoms in total. The van der Waals surface area contributed by atoms with E-state index < -0.39 is 9.84 Å². The molecule has 1 atom stereocenters.